The molecule has 0 unspecified atom stereocenters. The van der Waals surface area contributed by atoms with E-state index in [4.69, 9.17) is 5.73 Å². The highest BCUT2D eigenvalue weighted by Gasteiger charge is 2.06. The maximum atomic E-state index is 5.59. The van der Waals surface area contributed by atoms with E-state index in [0.717, 1.165) is 18.9 Å². The quantitative estimate of drug-likeness (QED) is 0.860. The van der Waals surface area contributed by atoms with Gasteiger partial charge in [-0.05, 0) is 30.7 Å². The molecule has 0 bridgehead atoms. The van der Waals surface area contributed by atoms with Crippen LogP contribution < -0.4 is 10.6 Å². The minimum absolute atomic E-state index is 0.302. The summed E-state index contributed by atoms with van der Waals surface area (Å²) in [6, 6.07) is 5.85. The standard InChI is InChI=1S/C12H15N5/c1-2-17(9-10-3-6-14-7-4-10)11-5-8-15-12(13)16-11/h3-8H,2,9H2,1H3,(H2,13,15,16). The third-order valence-corrected chi connectivity index (χ3v) is 2.49. The topological polar surface area (TPSA) is 67.9 Å². The fourth-order valence-electron chi connectivity index (χ4n) is 1.60. The zero-order valence-electron chi connectivity index (χ0n) is 9.74. The van der Waals surface area contributed by atoms with Gasteiger partial charge in [0.05, 0.1) is 0 Å². The predicted octanol–water partition coefficient (Wildman–Crippen LogP) is 1.48. The number of anilines is 2. The number of aromatic nitrogens is 3. The molecule has 2 aromatic rings. The Hall–Kier alpha value is -2.17. The van der Waals surface area contributed by atoms with Crippen LogP contribution in [0.2, 0.25) is 0 Å². The summed E-state index contributed by atoms with van der Waals surface area (Å²) in [5, 5.41) is 0. The number of rotatable bonds is 4. The Morgan fingerprint density at radius 3 is 2.59 bits per heavy atom. The zero-order chi connectivity index (χ0) is 12.1. The van der Waals surface area contributed by atoms with Gasteiger partial charge in [-0.25, -0.2) is 4.98 Å². The van der Waals surface area contributed by atoms with Crippen LogP contribution in [-0.2, 0) is 6.54 Å². The molecule has 0 amide bonds. The van der Waals surface area contributed by atoms with E-state index in [9.17, 15) is 0 Å². The monoisotopic (exact) mass is 229 g/mol. The normalized spacial score (nSPS) is 10.2. The van der Waals surface area contributed by atoms with Crippen molar-refractivity contribution in [3.63, 3.8) is 0 Å². The lowest BCUT2D eigenvalue weighted by molar-refractivity contribution is 0.810. The van der Waals surface area contributed by atoms with E-state index in [0.29, 0.717) is 5.95 Å². The van der Waals surface area contributed by atoms with Crippen molar-refractivity contribution in [2.24, 2.45) is 0 Å². The van der Waals surface area contributed by atoms with Gasteiger partial charge >= 0.3 is 0 Å². The molecule has 2 rings (SSSR count). The molecule has 2 aromatic heterocycles. The molecule has 2 N–H and O–H groups in total. The van der Waals surface area contributed by atoms with Crippen molar-refractivity contribution in [3.05, 3.63) is 42.4 Å². The second-order valence-corrected chi connectivity index (χ2v) is 3.64. The summed E-state index contributed by atoms with van der Waals surface area (Å²) < 4.78 is 0. The number of nitrogen functional groups attached to an aromatic ring is 1. The van der Waals surface area contributed by atoms with Gasteiger partial charge in [-0.1, -0.05) is 0 Å². The molecule has 0 atom stereocenters. The first-order valence-corrected chi connectivity index (χ1v) is 5.52. The molecule has 2 heterocycles. The van der Waals surface area contributed by atoms with Crippen LogP contribution in [0.25, 0.3) is 0 Å². The summed E-state index contributed by atoms with van der Waals surface area (Å²) in [5.41, 5.74) is 6.78. The maximum Gasteiger partial charge on any atom is 0.221 e. The summed E-state index contributed by atoms with van der Waals surface area (Å²) >= 11 is 0. The van der Waals surface area contributed by atoms with E-state index in [2.05, 4.69) is 26.8 Å². The highest BCUT2D eigenvalue weighted by atomic mass is 15.2. The summed E-state index contributed by atoms with van der Waals surface area (Å²) in [6.07, 6.45) is 5.25. The van der Waals surface area contributed by atoms with E-state index in [1.165, 1.54) is 5.56 Å². The van der Waals surface area contributed by atoms with E-state index < -0.39 is 0 Å². The Bertz CT molecular complexity index is 471. The zero-order valence-corrected chi connectivity index (χ0v) is 9.74. The van der Waals surface area contributed by atoms with Crippen LogP contribution in [0, 0.1) is 0 Å². The first kappa shape index (κ1) is 11.3. The van der Waals surface area contributed by atoms with E-state index in [-0.39, 0.29) is 0 Å². The van der Waals surface area contributed by atoms with Crippen LogP contribution in [0.4, 0.5) is 11.8 Å². The molecule has 0 aliphatic rings. The van der Waals surface area contributed by atoms with Crippen molar-refractivity contribution in [3.8, 4) is 0 Å². The molecule has 0 saturated carbocycles. The van der Waals surface area contributed by atoms with Crippen LogP contribution in [0.1, 0.15) is 12.5 Å². The molecule has 0 aliphatic heterocycles. The average molecular weight is 229 g/mol. The van der Waals surface area contributed by atoms with E-state index >= 15 is 0 Å². The second-order valence-electron chi connectivity index (χ2n) is 3.64. The number of nitrogens with zero attached hydrogens (tertiary/aromatic N) is 4. The lowest BCUT2D eigenvalue weighted by Crippen LogP contribution is -2.23. The minimum atomic E-state index is 0.302. The second kappa shape index (κ2) is 5.25. The predicted molar refractivity (Wildman–Crippen MR) is 67.4 cm³/mol. The van der Waals surface area contributed by atoms with Crippen molar-refractivity contribution in [2.45, 2.75) is 13.5 Å². The summed E-state index contributed by atoms with van der Waals surface area (Å²) in [5.74, 6) is 1.15. The largest absolute Gasteiger partial charge is 0.368 e. The van der Waals surface area contributed by atoms with Crippen LogP contribution in [0.5, 0.6) is 0 Å². The molecule has 0 aliphatic carbocycles. The Balaban J connectivity index is 2.17. The third kappa shape index (κ3) is 2.90. The Morgan fingerprint density at radius 1 is 1.18 bits per heavy atom. The van der Waals surface area contributed by atoms with Gasteiger partial charge in [-0.3, -0.25) is 4.98 Å². The molecule has 88 valence electrons. The van der Waals surface area contributed by atoms with Crippen LogP contribution in [0.15, 0.2) is 36.8 Å². The molecule has 0 radical (unpaired) electrons. The summed E-state index contributed by atoms with van der Waals surface area (Å²) in [4.78, 5) is 14.2. The van der Waals surface area contributed by atoms with Crippen molar-refractivity contribution in [2.75, 3.05) is 17.2 Å². The first-order valence-electron chi connectivity index (χ1n) is 5.52. The number of nitrogens with two attached hydrogens (primary N) is 1. The molecule has 17 heavy (non-hydrogen) atoms. The fourth-order valence-corrected chi connectivity index (χ4v) is 1.60. The molecule has 0 saturated heterocycles. The highest BCUT2D eigenvalue weighted by Crippen LogP contribution is 2.13. The van der Waals surface area contributed by atoms with Crippen LogP contribution in [0.3, 0.4) is 0 Å². The van der Waals surface area contributed by atoms with E-state index in [1.807, 2.05) is 18.2 Å². The number of hydrogen-bond donors (Lipinski definition) is 1. The van der Waals surface area contributed by atoms with Crippen molar-refractivity contribution in [1.29, 1.82) is 0 Å². The Morgan fingerprint density at radius 2 is 1.94 bits per heavy atom. The van der Waals surface area contributed by atoms with Crippen molar-refractivity contribution < 1.29 is 0 Å². The molecule has 5 nitrogen and oxygen atoms in total. The van der Waals surface area contributed by atoms with Gasteiger partial charge in [0.15, 0.2) is 0 Å². The van der Waals surface area contributed by atoms with Gasteiger partial charge in [-0.15, -0.1) is 0 Å². The molecular weight excluding hydrogens is 214 g/mol. The van der Waals surface area contributed by atoms with Gasteiger partial charge in [0.2, 0.25) is 5.95 Å². The smallest absolute Gasteiger partial charge is 0.221 e. The molecule has 0 spiro atoms. The lowest BCUT2D eigenvalue weighted by atomic mass is 10.2. The Kier molecular flexibility index (Phi) is 3.49. The van der Waals surface area contributed by atoms with Gasteiger partial charge in [0, 0.05) is 31.7 Å². The lowest BCUT2D eigenvalue weighted by Gasteiger charge is -2.21. The molecule has 0 aromatic carbocycles. The van der Waals surface area contributed by atoms with Crippen LogP contribution >= 0.6 is 0 Å². The van der Waals surface area contributed by atoms with Crippen LogP contribution in [-0.4, -0.2) is 21.5 Å². The summed E-state index contributed by atoms with van der Waals surface area (Å²) in [7, 11) is 0. The maximum absolute atomic E-state index is 5.59. The fraction of sp³-hybridized carbons (Fsp3) is 0.250. The first-order chi connectivity index (χ1) is 8.29. The molecule has 0 fully saturated rings. The minimum Gasteiger partial charge on any atom is -0.368 e. The van der Waals surface area contributed by atoms with Crippen molar-refractivity contribution >= 4 is 11.8 Å². The van der Waals surface area contributed by atoms with Gasteiger partial charge in [0.25, 0.3) is 0 Å². The Labute approximate surface area is 100 Å². The highest BCUT2D eigenvalue weighted by molar-refractivity contribution is 5.41. The van der Waals surface area contributed by atoms with Gasteiger partial charge in [-0.2, -0.15) is 4.98 Å². The van der Waals surface area contributed by atoms with Crippen molar-refractivity contribution in [1.82, 2.24) is 15.0 Å². The van der Waals surface area contributed by atoms with Gasteiger partial charge < -0.3 is 10.6 Å². The average Bonchev–Trinajstić information content (AvgIpc) is 2.37. The number of hydrogen-bond acceptors (Lipinski definition) is 5. The third-order valence-electron chi connectivity index (χ3n) is 2.49. The SMILES string of the molecule is CCN(Cc1ccncc1)c1ccnc(N)n1. The van der Waals surface area contributed by atoms with E-state index in [1.54, 1.807) is 18.6 Å². The molecular formula is C12H15N5. The summed E-state index contributed by atoms with van der Waals surface area (Å²) in [6.45, 7) is 3.73. The number of pyridine rings is 1. The van der Waals surface area contributed by atoms with Gasteiger partial charge in [0.1, 0.15) is 5.82 Å². The molecule has 5 heteroatoms.